The molecule has 0 fully saturated rings. The van der Waals surface area contributed by atoms with Crippen LogP contribution in [0.2, 0.25) is 0 Å². The molecule has 6 heteroatoms. The Morgan fingerprint density at radius 2 is 2.14 bits per heavy atom. The third kappa shape index (κ3) is 3.28. The maximum Gasteiger partial charge on any atom is 0.230 e. The van der Waals surface area contributed by atoms with E-state index < -0.39 is 0 Å². The predicted octanol–water partition coefficient (Wildman–Crippen LogP) is 4.25. The zero-order valence-corrected chi connectivity index (χ0v) is 14.2. The normalized spacial score (nSPS) is 10.6. The van der Waals surface area contributed by atoms with Gasteiger partial charge in [0.15, 0.2) is 5.13 Å². The van der Waals surface area contributed by atoms with Gasteiger partial charge in [-0.1, -0.05) is 45.5 Å². The number of rotatable bonds is 4. The first kappa shape index (κ1) is 15.0. The van der Waals surface area contributed by atoms with Crippen LogP contribution in [0.3, 0.4) is 0 Å². The van der Waals surface area contributed by atoms with E-state index >= 15 is 0 Å². The Hall–Kier alpha value is -1.92. The molecule has 0 aliphatic carbocycles. The van der Waals surface area contributed by atoms with Gasteiger partial charge < -0.3 is 10.1 Å². The summed E-state index contributed by atoms with van der Waals surface area (Å²) in [5, 5.41) is 3.45. The van der Waals surface area contributed by atoms with Crippen molar-refractivity contribution in [3.8, 4) is 5.75 Å². The number of hydrogen-bond acceptors (Lipinski definition) is 4. The molecule has 0 radical (unpaired) electrons. The molecule has 0 atom stereocenters. The molecule has 3 aromatic rings. The number of aromatic nitrogens is 1. The van der Waals surface area contributed by atoms with Gasteiger partial charge in [-0.2, -0.15) is 0 Å². The summed E-state index contributed by atoms with van der Waals surface area (Å²) < 4.78 is 7.10. The molecule has 0 saturated carbocycles. The van der Waals surface area contributed by atoms with E-state index in [1.165, 1.54) is 11.3 Å². The van der Waals surface area contributed by atoms with E-state index in [2.05, 4.69) is 26.2 Å². The van der Waals surface area contributed by atoms with Crippen molar-refractivity contribution in [3.05, 3.63) is 52.5 Å². The van der Waals surface area contributed by atoms with Crippen LogP contribution in [0, 0.1) is 0 Å². The highest BCUT2D eigenvalue weighted by molar-refractivity contribution is 9.10. The minimum Gasteiger partial charge on any atom is -0.497 e. The van der Waals surface area contributed by atoms with Gasteiger partial charge in [-0.05, 0) is 29.8 Å². The van der Waals surface area contributed by atoms with Crippen molar-refractivity contribution >= 4 is 48.5 Å². The summed E-state index contributed by atoms with van der Waals surface area (Å²) in [7, 11) is 1.63. The molecule has 4 nitrogen and oxygen atoms in total. The average molecular weight is 377 g/mol. The Bertz CT molecular complexity index is 832. The molecule has 112 valence electrons. The monoisotopic (exact) mass is 376 g/mol. The summed E-state index contributed by atoms with van der Waals surface area (Å²) in [4.78, 5) is 16.6. The highest BCUT2D eigenvalue weighted by Crippen LogP contribution is 2.29. The molecule has 3 rings (SSSR count). The number of hydrogen-bond donors (Lipinski definition) is 1. The summed E-state index contributed by atoms with van der Waals surface area (Å²) in [5.41, 5.74) is 1.80. The van der Waals surface area contributed by atoms with Crippen LogP contribution in [0.1, 0.15) is 5.56 Å². The number of fused-ring (bicyclic) bond motifs is 1. The van der Waals surface area contributed by atoms with E-state index in [0.29, 0.717) is 11.6 Å². The number of methoxy groups -OCH3 is 1. The van der Waals surface area contributed by atoms with Crippen LogP contribution < -0.4 is 10.1 Å². The molecule has 1 amide bonds. The lowest BCUT2D eigenvalue weighted by atomic mass is 10.1. The van der Waals surface area contributed by atoms with Crippen molar-refractivity contribution in [3.63, 3.8) is 0 Å². The van der Waals surface area contributed by atoms with Crippen molar-refractivity contribution in [2.75, 3.05) is 12.4 Å². The fraction of sp³-hybridized carbons (Fsp3) is 0.125. The highest BCUT2D eigenvalue weighted by atomic mass is 79.9. The van der Waals surface area contributed by atoms with Crippen molar-refractivity contribution in [1.82, 2.24) is 4.98 Å². The molecular weight excluding hydrogens is 364 g/mol. The van der Waals surface area contributed by atoms with Gasteiger partial charge in [0, 0.05) is 4.47 Å². The molecule has 0 aliphatic heterocycles. The maximum absolute atomic E-state index is 12.1. The number of nitrogens with zero attached hydrogens (tertiary/aromatic N) is 1. The second-order valence-corrected chi connectivity index (χ2v) is 6.55. The molecule has 0 saturated heterocycles. The Morgan fingerprint density at radius 3 is 2.91 bits per heavy atom. The first-order chi connectivity index (χ1) is 10.7. The smallest absolute Gasteiger partial charge is 0.230 e. The van der Waals surface area contributed by atoms with Crippen molar-refractivity contribution in [1.29, 1.82) is 0 Å². The second-order valence-electron chi connectivity index (χ2n) is 4.67. The Kier molecular flexibility index (Phi) is 4.40. The third-order valence-corrected chi connectivity index (χ3v) is 4.86. The lowest BCUT2D eigenvalue weighted by Gasteiger charge is -2.03. The van der Waals surface area contributed by atoms with E-state index in [1.54, 1.807) is 7.11 Å². The fourth-order valence-corrected chi connectivity index (χ4v) is 3.40. The first-order valence-corrected chi connectivity index (χ1v) is 8.24. The summed E-state index contributed by atoms with van der Waals surface area (Å²) in [5.74, 6) is 0.695. The summed E-state index contributed by atoms with van der Waals surface area (Å²) in [6.45, 7) is 0. The quantitative estimate of drug-likeness (QED) is 0.740. The number of carbonyl (C=O) groups is 1. The molecule has 22 heavy (non-hydrogen) atoms. The number of halogens is 1. The average Bonchev–Trinajstić information content (AvgIpc) is 2.90. The van der Waals surface area contributed by atoms with Gasteiger partial charge in [0.2, 0.25) is 5.91 Å². The number of nitrogens with one attached hydrogen (secondary N) is 1. The van der Waals surface area contributed by atoms with Crippen LogP contribution in [-0.2, 0) is 11.2 Å². The van der Waals surface area contributed by atoms with Crippen LogP contribution in [-0.4, -0.2) is 18.0 Å². The van der Waals surface area contributed by atoms with E-state index in [9.17, 15) is 4.79 Å². The molecular formula is C16H13BrN2O2S. The van der Waals surface area contributed by atoms with E-state index in [4.69, 9.17) is 4.74 Å². The molecule has 1 heterocycles. The summed E-state index contributed by atoms with van der Waals surface area (Å²) in [6.07, 6.45) is 0.306. The Balaban J connectivity index is 1.75. The standard InChI is InChI=1S/C16H13BrN2O2S/c1-21-11-6-7-13-14(9-11)22-16(18-13)19-15(20)8-10-4-2-3-5-12(10)17/h2-7,9H,8H2,1H3,(H,18,19,20). The predicted molar refractivity (Wildman–Crippen MR) is 92.6 cm³/mol. The number of ether oxygens (including phenoxy) is 1. The minimum absolute atomic E-state index is 0.0853. The second kappa shape index (κ2) is 6.46. The number of carbonyl (C=O) groups excluding carboxylic acids is 1. The highest BCUT2D eigenvalue weighted by Gasteiger charge is 2.10. The summed E-state index contributed by atoms with van der Waals surface area (Å²) in [6, 6.07) is 13.3. The van der Waals surface area contributed by atoms with Crippen LogP contribution in [0.5, 0.6) is 5.75 Å². The molecule has 2 aromatic carbocycles. The Morgan fingerprint density at radius 1 is 1.32 bits per heavy atom. The molecule has 1 aromatic heterocycles. The van der Waals surface area contributed by atoms with Gasteiger partial charge >= 0.3 is 0 Å². The summed E-state index contributed by atoms with van der Waals surface area (Å²) >= 11 is 4.88. The van der Waals surface area contributed by atoms with Gasteiger partial charge in [-0.3, -0.25) is 4.79 Å². The zero-order valence-electron chi connectivity index (χ0n) is 11.8. The van der Waals surface area contributed by atoms with E-state index in [-0.39, 0.29) is 5.91 Å². The van der Waals surface area contributed by atoms with Crippen LogP contribution in [0.15, 0.2) is 46.9 Å². The molecule has 0 spiro atoms. The van der Waals surface area contributed by atoms with Gasteiger partial charge in [0.1, 0.15) is 5.75 Å². The number of anilines is 1. The van der Waals surface area contributed by atoms with Crippen LogP contribution >= 0.6 is 27.3 Å². The molecule has 1 N–H and O–H groups in total. The number of thiazole rings is 1. The minimum atomic E-state index is -0.0853. The maximum atomic E-state index is 12.1. The molecule has 0 unspecified atom stereocenters. The van der Waals surface area contributed by atoms with E-state index in [1.807, 2.05) is 42.5 Å². The fourth-order valence-electron chi connectivity index (χ4n) is 2.06. The first-order valence-electron chi connectivity index (χ1n) is 6.63. The van der Waals surface area contributed by atoms with Crippen LogP contribution in [0.4, 0.5) is 5.13 Å². The lowest BCUT2D eigenvalue weighted by molar-refractivity contribution is -0.115. The van der Waals surface area contributed by atoms with Crippen molar-refractivity contribution < 1.29 is 9.53 Å². The van der Waals surface area contributed by atoms with Gasteiger partial charge in [-0.15, -0.1) is 0 Å². The van der Waals surface area contributed by atoms with Gasteiger partial charge in [-0.25, -0.2) is 4.98 Å². The molecule has 0 aliphatic rings. The van der Waals surface area contributed by atoms with Gasteiger partial charge in [0.25, 0.3) is 0 Å². The van der Waals surface area contributed by atoms with Gasteiger partial charge in [0.05, 0.1) is 23.7 Å². The van der Waals surface area contributed by atoms with Crippen molar-refractivity contribution in [2.24, 2.45) is 0 Å². The molecule has 0 bridgehead atoms. The lowest BCUT2D eigenvalue weighted by Crippen LogP contribution is -2.14. The third-order valence-electron chi connectivity index (χ3n) is 3.15. The Labute approximate surface area is 140 Å². The largest absolute Gasteiger partial charge is 0.497 e. The van der Waals surface area contributed by atoms with E-state index in [0.717, 1.165) is 26.0 Å². The zero-order chi connectivity index (χ0) is 15.5. The number of benzene rings is 2. The number of amides is 1. The SMILES string of the molecule is COc1ccc2nc(NC(=O)Cc3ccccc3Br)sc2c1. The van der Waals surface area contributed by atoms with Crippen LogP contribution in [0.25, 0.3) is 10.2 Å². The van der Waals surface area contributed by atoms with Crippen molar-refractivity contribution in [2.45, 2.75) is 6.42 Å². The topological polar surface area (TPSA) is 51.2 Å².